The molecule has 7 heteroatoms. The Morgan fingerprint density at radius 3 is 2.74 bits per heavy atom. The number of imidazole rings is 1. The van der Waals surface area contributed by atoms with Crippen molar-refractivity contribution in [3.63, 3.8) is 0 Å². The zero-order chi connectivity index (χ0) is 14.0. The number of nitrogens with zero attached hydrogens (tertiary/aromatic N) is 2. The number of aryl methyl sites for hydroxylation is 1. The van der Waals surface area contributed by atoms with Gasteiger partial charge in [0.15, 0.2) is 0 Å². The van der Waals surface area contributed by atoms with Gasteiger partial charge in [-0.05, 0) is 25.1 Å². The lowest BCUT2D eigenvalue weighted by atomic mass is 10.2. The lowest BCUT2D eigenvalue weighted by Crippen LogP contribution is -2.07. The number of anilines is 2. The van der Waals surface area contributed by atoms with E-state index in [2.05, 4.69) is 26.2 Å². The minimum Gasteiger partial charge on any atom is -0.326 e. The molecule has 2 aromatic rings. The molecule has 0 amide bonds. The molecule has 0 atom stereocenters. The van der Waals surface area contributed by atoms with Crippen LogP contribution < -0.4 is 5.32 Å². The number of hydrogen-bond acceptors (Lipinski definition) is 2. The maximum atomic E-state index is 12.8. The van der Waals surface area contributed by atoms with E-state index in [1.807, 2.05) is 6.92 Å². The minimum atomic E-state index is -4.39. The Morgan fingerprint density at radius 1 is 1.37 bits per heavy atom. The molecule has 0 spiro atoms. The first-order valence-electron chi connectivity index (χ1n) is 5.56. The van der Waals surface area contributed by atoms with Crippen LogP contribution in [0.15, 0.2) is 35.1 Å². The van der Waals surface area contributed by atoms with E-state index < -0.39 is 11.7 Å². The van der Waals surface area contributed by atoms with Crippen molar-refractivity contribution in [3.8, 4) is 0 Å². The Morgan fingerprint density at radius 2 is 2.11 bits per heavy atom. The van der Waals surface area contributed by atoms with Crippen molar-refractivity contribution >= 4 is 27.6 Å². The standard InChI is InChI=1S/C12H11BrF3N3/c1-2-19-6-5-17-11(19)18-8-3-4-10(13)9(7-8)12(14,15)16/h3-7H,2H2,1H3,(H,17,18). The molecule has 0 aliphatic rings. The zero-order valence-electron chi connectivity index (χ0n) is 10.0. The molecule has 0 fully saturated rings. The second-order valence-corrected chi connectivity index (χ2v) is 4.71. The highest BCUT2D eigenvalue weighted by atomic mass is 79.9. The summed E-state index contributed by atoms with van der Waals surface area (Å²) in [6.07, 6.45) is -1.04. The molecule has 1 aromatic carbocycles. The lowest BCUT2D eigenvalue weighted by molar-refractivity contribution is -0.138. The van der Waals surface area contributed by atoms with E-state index in [-0.39, 0.29) is 4.47 Å². The van der Waals surface area contributed by atoms with Gasteiger partial charge >= 0.3 is 6.18 Å². The average Bonchev–Trinajstić information content (AvgIpc) is 2.77. The van der Waals surface area contributed by atoms with Gasteiger partial charge in [-0.3, -0.25) is 0 Å². The Hall–Kier alpha value is -1.50. The summed E-state index contributed by atoms with van der Waals surface area (Å²) in [5.41, 5.74) is -0.372. The average molecular weight is 334 g/mol. The molecule has 0 radical (unpaired) electrons. The molecule has 0 aliphatic heterocycles. The summed E-state index contributed by atoms with van der Waals surface area (Å²) in [4.78, 5) is 4.06. The van der Waals surface area contributed by atoms with E-state index in [0.717, 1.165) is 6.07 Å². The van der Waals surface area contributed by atoms with Gasteiger partial charge in [0.2, 0.25) is 5.95 Å². The fourth-order valence-corrected chi connectivity index (χ4v) is 2.11. The van der Waals surface area contributed by atoms with E-state index in [9.17, 15) is 13.2 Å². The molecular weight excluding hydrogens is 323 g/mol. The predicted molar refractivity (Wildman–Crippen MR) is 70.3 cm³/mol. The number of alkyl halides is 3. The van der Waals surface area contributed by atoms with Gasteiger partial charge in [0.1, 0.15) is 0 Å². The third-order valence-corrected chi connectivity index (χ3v) is 3.28. The molecule has 1 heterocycles. The van der Waals surface area contributed by atoms with E-state index in [1.54, 1.807) is 23.0 Å². The fourth-order valence-electron chi connectivity index (χ4n) is 1.64. The first-order chi connectivity index (χ1) is 8.91. The van der Waals surface area contributed by atoms with Crippen LogP contribution in [0, 0.1) is 0 Å². The molecule has 1 N–H and O–H groups in total. The largest absolute Gasteiger partial charge is 0.417 e. The topological polar surface area (TPSA) is 29.9 Å². The number of halogens is 4. The van der Waals surface area contributed by atoms with E-state index >= 15 is 0 Å². The highest BCUT2D eigenvalue weighted by Gasteiger charge is 2.33. The van der Waals surface area contributed by atoms with Crippen molar-refractivity contribution in [2.24, 2.45) is 0 Å². The minimum absolute atomic E-state index is 0.0179. The molecule has 3 nitrogen and oxygen atoms in total. The third kappa shape index (κ3) is 3.09. The maximum absolute atomic E-state index is 12.8. The van der Waals surface area contributed by atoms with Crippen molar-refractivity contribution in [1.29, 1.82) is 0 Å². The number of nitrogens with one attached hydrogen (secondary N) is 1. The van der Waals surface area contributed by atoms with Gasteiger partial charge in [0, 0.05) is 29.1 Å². The summed E-state index contributed by atoms with van der Waals surface area (Å²) < 4.78 is 40.1. The summed E-state index contributed by atoms with van der Waals surface area (Å²) >= 11 is 2.90. The van der Waals surface area contributed by atoms with Crippen LogP contribution in [-0.4, -0.2) is 9.55 Å². The van der Waals surface area contributed by atoms with Crippen LogP contribution in [0.2, 0.25) is 0 Å². The summed E-state index contributed by atoms with van der Waals surface area (Å²) in [7, 11) is 0. The molecular formula is C12H11BrF3N3. The van der Waals surface area contributed by atoms with Crippen LogP contribution in [0.5, 0.6) is 0 Å². The van der Waals surface area contributed by atoms with Crippen LogP contribution in [0.4, 0.5) is 24.8 Å². The molecule has 0 bridgehead atoms. The molecule has 102 valence electrons. The van der Waals surface area contributed by atoms with E-state index in [4.69, 9.17) is 0 Å². The Balaban J connectivity index is 2.32. The predicted octanol–water partition coefficient (Wildman–Crippen LogP) is 4.43. The van der Waals surface area contributed by atoms with Crippen LogP contribution in [0.25, 0.3) is 0 Å². The SMILES string of the molecule is CCn1ccnc1Nc1ccc(Br)c(C(F)(F)F)c1. The number of benzene rings is 1. The fraction of sp³-hybridized carbons (Fsp3) is 0.250. The van der Waals surface area contributed by atoms with Gasteiger partial charge in [-0.25, -0.2) is 4.98 Å². The summed E-state index contributed by atoms with van der Waals surface area (Å²) in [5, 5.41) is 2.87. The second-order valence-electron chi connectivity index (χ2n) is 3.85. The normalized spacial score (nSPS) is 11.6. The quantitative estimate of drug-likeness (QED) is 0.900. The van der Waals surface area contributed by atoms with Crippen LogP contribution in [0.3, 0.4) is 0 Å². The zero-order valence-corrected chi connectivity index (χ0v) is 11.6. The van der Waals surface area contributed by atoms with Crippen molar-refractivity contribution in [2.45, 2.75) is 19.6 Å². The first kappa shape index (κ1) is 13.9. The third-order valence-electron chi connectivity index (χ3n) is 2.58. The van der Waals surface area contributed by atoms with Crippen molar-refractivity contribution in [2.75, 3.05) is 5.32 Å². The van der Waals surface area contributed by atoms with E-state index in [0.29, 0.717) is 18.2 Å². The Bertz CT molecular complexity index is 578. The summed E-state index contributed by atoms with van der Waals surface area (Å²) in [6, 6.07) is 3.98. The van der Waals surface area contributed by atoms with Gasteiger partial charge in [-0.2, -0.15) is 13.2 Å². The highest BCUT2D eigenvalue weighted by molar-refractivity contribution is 9.10. The summed E-state index contributed by atoms with van der Waals surface area (Å²) in [5.74, 6) is 0.512. The van der Waals surface area contributed by atoms with Crippen LogP contribution >= 0.6 is 15.9 Å². The molecule has 1 aromatic heterocycles. The Labute approximate surface area is 116 Å². The van der Waals surface area contributed by atoms with Crippen molar-refractivity contribution < 1.29 is 13.2 Å². The van der Waals surface area contributed by atoms with E-state index in [1.165, 1.54) is 6.07 Å². The van der Waals surface area contributed by atoms with Gasteiger partial charge < -0.3 is 9.88 Å². The van der Waals surface area contributed by atoms with Crippen LogP contribution in [0.1, 0.15) is 12.5 Å². The van der Waals surface area contributed by atoms with Crippen LogP contribution in [-0.2, 0) is 12.7 Å². The number of rotatable bonds is 3. The van der Waals surface area contributed by atoms with Gasteiger partial charge in [-0.15, -0.1) is 0 Å². The Kier molecular flexibility index (Phi) is 3.84. The van der Waals surface area contributed by atoms with Crippen molar-refractivity contribution in [3.05, 3.63) is 40.6 Å². The monoisotopic (exact) mass is 333 g/mol. The highest BCUT2D eigenvalue weighted by Crippen LogP contribution is 2.36. The molecule has 2 rings (SSSR count). The summed E-state index contributed by atoms with van der Waals surface area (Å²) in [6.45, 7) is 2.61. The number of aromatic nitrogens is 2. The first-order valence-corrected chi connectivity index (χ1v) is 6.36. The smallest absolute Gasteiger partial charge is 0.326 e. The molecule has 0 saturated heterocycles. The van der Waals surface area contributed by atoms with Gasteiger partial charge in [-0.1, -0.05) is 15.9 Å². The molecule has 0 saturated carbocycles. The van der Waals surface area contributed by atoms with Gasteiger partial charge in [0.05, 0.1) is 5.56 Å². The molecule has 0 aliphatic carbocycles. The molecule has 19 heavy (non-hydrogen) atoms. The van der Waals surface area contributed by atoms with Crippen molar-refractivity contribution in [1.82, 2.24) is 9.55 Å². The molecule has 0 unspecified atom stereocenters. The van der Waals surface area contributed by atoms with Gasteiger partial charge in [0.25, 0.3) is 0 Å². The maximum Gasteiger partial charge on any atom is 0.417 e. The number of hydrogen-bond donors (Lipinski definition) is 1. The second kappa shape index (κ2) is 5.24. The lowest BCUT2D eigenvalue weighted by Gasteiger charge is -2.12.